The molecule has 0 aliphatic carbocycles. The summed E-state index contributed by atoms with van der Waals surface area (Å²) in [6.07, 6.45) is 0.930. The van der Waals surface area contributed by atoms with E-state index in [2.05, 4.69) is 39.7 Å². The number of nitrogens with one attached hydrogen (secondary N) is 1. The summed E-state index contributed by atoms with van der Waals surface area (Å²) in [5.74, 6) is 1.32. The van der Waals surface area contributed by atoms with Crippen molar-refractivity contribution in [3.05, 3.63) is 20.6 Å². The maximum absolute atomic E-state index is 5.42. The Hall–Kier alpha value is -0.260. The van der Waals surface area contributed by atoms with E-state index in [1.807, 2.05) is 13.8 Å². The van der Waals surface area contributed by atoms with Gasteiger partial charge in [-0.3, -0.25) is 0 Å². The fourth-order valence-corrected chi connectivity index (χ4v) is 2.00. The van der Waals surface area contributed by atoms with Crippen LogP contribution in [0.5, 0.6) is 0 Å². The minimum Gasteiger partial charge on any atom is -0.371 e. The van der Waals surface area contributed by atoms with Crippen LogP contribution in [0.3, 0.4) is 0 Å². The summed E-state index contributed by atoms with van der Waals surface area (Å²) >= 11 is 8.76. The van der Waals surface area contributed by atoms with Crippen LogP contribution in [0, 0.1) is 10.6 Å². The largest absolute Gasteiger partial charge is 0.371 e. The Balaban J connectivity index is 3.29. The second kappa shape index (κ2) is 5.59. The van der Waals surface area contributed by atoms with Gasteiger partial charge in [0, 0.05) is 12.8 Å². The molecule has 1 aromatic heterocycles. The van der Waals surface area contributed by atoms with Gasteiger partial charge < -0.3 is 9.72 Å². The fourth-order valence-electron chi connectivity index (χ4n) is 1.44. The molecule has 5 heteroatoms. The van der Waals surface area contributed by atoms with Crippen molar-refractivity contribution in [1.29, 1.82) is 0 Å². The van der Waals surface area contributed by atoms with Crippen molar-refractivity contribution in [2.24, 2.45) is 5.92 Å². The molecule has 17 heavy (non-hydrogen) atoms. The normalized spacial score (nSPS) is 12.2. The number of hydrogen-bond donors (Lipinski definition) is 1. The molecule has 3 nitrogen and oxygen atoms in total. The number of ether oxygens (including phenoxy) is 1. The Morgan fingerprint density at radius 1 is 1.47 bits per heavy atom. The van der Waals surface area contributed by atoms with Crippen LogP contribution >= 0.6 is 28.1 Å². The Morgan fingerprint density at radius 3 is 2.53 bits per heavy atom. The molecule has 96 valence electrons. The average molecular weight is 319 g/mol. The standard InChI is InChI=1S/C12H19BrN2OS/c1-7(2)6-8-9(13)10(17)15-11(14-8)12(3,4)16-5/h7H,6H2,1-5H3,(H,14,15,17). The molecule has 0 bridgehead atoms. The first kappa shape index (κ1) is 14.8. The predicted octanol–water partition coefficient (Wildman–Crippen LogP) is 3.98. The number of hydrogen-bond acceptors (Lipinski definition) is 3. The van der Waals surface area contributed by atoms with Crippen molar-refractivity contribution in [3.63, 3.8) is 0 Å². The molecular weight excluding hydrogens is 300 g/mol. The highest BCUT2D eigenvalue weighted by Gasteiger charge is 2.23. The number of halogens is 1. The molecule has 1 N–H and O–H groups in total. The average Bonchev–Trinajstić information content (AvgIpc) is 2.23. The first-order valence-corrected chi connectivity index (χ1v) is 6.82. The van der Waals surface area contributed by atoms with Crippen LogP contribution in [0.4, 0.5) is 0 Å². The number of rotatable bonds is 4. The summed E-state index contributed by atoms with van der Waals surface area (Å²) < 4.78 is 6.89. The molecule has 0 aliphatic heterocycles. The monoisotopic (exact) mass is 318 g/mol. The molecule has 1 aromatic rings. The summed E-state index contributed by atoms with van der Waals surface area (Å²) in [4.78, 5) is 7.70. The smallest absolute Gasteiger partial charge is 0.144 e. The van der Waals surface area contributed by atoms with Gasteiger partial charge in [-0.25, -0.2) is 4.98 Å². The molecule has 0 saturated carbocycles. The number of aromatic amines is 1. The fraction of sp³-hybridized carbons (Fsp3) is 0.667. The van der Waals surface area contributed by atoms with Gasteiger partial charge in [-0.2, -0.15) is 0 Å². The van der Waals surface area contributed by atoms with E-state index in [0.717, 1.165) is 22.4 Å². The molecule has 0 amide bonds. The van der Waals surface area contributed by atoms with Gasteiger partial charge in [0.2, 0.25) is 0 Å². The first-order chi connectivity index (χ1) is 7.77. The van der Waals surface area contributed by atoms with Crippen LogP contribution in [0.25, 0.3) is 0 Å². The zero-order valence-electron chi connectivity index (χ0n) is 10.9. The second-order valence-electron chi connectivity index (χ2n) is 5.00. The number of methoxy groups -OCH3 is 1. The molecule has 0 saturated heterocycles. The van der Waals surface area contributed by atoms with Gasteiger partial charge in [-0.05, 0) is 42.1 Å². The Kier molecular flexibility index (Phi) is 4.86. The topological polar surface area (TPSA) is 37.9 Å². The van der Waals surface area contributed by atoms with E-state index in [-0.39, 0.29) is 0 Å². The van der Waals surface area contributed by atoms with Gasteiger partial charge in [-0.1, -0.05) is 26.1 Å². The van der Waals surface area contributed by atoms with Crippen LogP contribution in [-0.2, 0) is 16.8 Å². The summed E-state index contributed by atoms with van der Waals surface area (Å²) in [6.45, 7) is 8.27. The van der Waals surface area contributed by atoms with Crippen molar-refractivity contribution < 1.29 is 4.74 Å². The lowest BCUT2D eigenvalue weighted by molar-refractivity contribution is 0.0111. The van der Waals surface area contributed by atoms with Crippen LogP contribution in [0.2, 0.25) is 0 Å². The molecule has 1 rings (SSSR count). The molecule has 0 spiro atoms. The van der Waals surface area contributed by atoms with Gasteiger partial charge in [-0.15, -0.1) is 0 Å². The first-order valence-electron chi connectivity index (χ1n) is 5.62. The van der Waals surface area contributed by atoms with Crippen LogP contribution in [0.1, 0.15) is 39.2 Å². The Labute approximate surface area is 116 Å². The molecule has 0 atom stereocenters. The van der Waals surface area contributed by atoms with Crippen molar-refractivity contribution in [2.45, 2.75) is 39.7 Å². The van der Waals surface area contributed by atoms with Crippen LogP contribution < -0.4 is 0 Å². The number of nitrogens with zero attached hydrogens (tertiary/aromatic N) is 1. The summed E-state index contributed by atoms with van der Waals surface area (Å²) in [5.41, 5.74) is 0.625. The van der Waals surface area contributed by atoms with Gasteiger partial charge in [0.1, 0.15) is 16.1 Å². The lowest BCUT2D eigenvalue weighted by Gasteiger charge is -2.23. The molecule has 0 aliphatic rings. The van der Waals surface area contributed by atoms with Gasteiger partial charge >= 0.3 is 0 Å². The zero-order chi connectivity index (χ0) is 13.2. The van der Waals surface area contributed by atoms with E-state index in [1.54, 1.807) is 7.11 Å². The Morgan fingerprint density at radius 2 is 2.06 bits per heavy atom. The van der Waals surface area contributed by atoms with Crippen molar-refractivity contribution in [1.82, 2.24) is 9.97 Å². The maximum Gasteiger partial charge on any atom is 0.144 e. The van der Waals surface area contributed by atoms with E-state index < -0.39 is 5.60 Å². The minimum absolute atomic E-state index is 0.458. The van der Waals surface area contributed by atoms with Crippen molar-refractivity contribution >= 4 is 28.1 Å². The molecule has 0 radical (unpaired) electrons. The summed E-state index contributed by atoms with van der Waals surface area (Å²) in [6, 6.07) is 0. The predicted molar refractivity (Wildman–Crippen MR) is 75.7 cm³/mol. The molecule has 0 unspecified atom stereocenters. The highest BCUT2D eigenvalue weighted by atomic mass is 79.9. The van der Waals surface area contributed by atoms with E-state index in [4.69, 9.17) is 17.0 Å². The highest BCUT2D eigenvalue weighted by molar-refractivity contribution is 9.10. The molecule has 1 heterocycles. The summed E-state index contributed by atoms with van der Waals surface area (Å²) in [7, 11) is 1.67. The minimum atomic E-state index is -0.458. The van der Waals surface area contributed by atoms with Gasteiger partial charge in [0.25, 0.3) is 0 Å². The lowest BCUT2D eigenvalue weighted by atomic mass is 10.1. The van der Waals surface area contributed by atoms with E-state index in [0.29, 0.717) is 10.6 Å². The third-order valence-corrected chi connectivity index (χ3v) is 4.04. The molecular formula is C12H19BrN2OS. The molecule has 0 fully saturated rings. The number of H-pyrrole nitrogens is 1. The van der Waals surface area contributed by atoms with Crippen molar-refractivity contribution in [3.8, 4) is 0 Å². The third kappa shape index (κ3) is 3.60. The summed E-state index contributed by atoms with van der Waals surface area (Å²) in [5, 5.41) is 0. The zero-order valence-corrected chi connectivity index (χ0v) is 13.3. The quantitative estimate of drug-likeness (QED) is 0.853. The Bertz CT molecular complexity index is 454. The lowest BCUT2D eigenvalue weighted by Crippen LogP contribution is -2.24. The van der Waals surface area contributed by atoms with E-state index >= 15 is 0 Å². The number of aromatic nitrogens is 2. The van der Waals surface area contributed by atoms with Gasteiger partial charge in [0.05, 0.1) is 4.47 Å². The van der Waals surface area contributed by atoms with Crippen LogP contribution in [-0.4, -0.2) is 17.1 Å². The molecule has 0 aromatic carbocycles. The van der Waals surface area contributed by atoms with E-state index in [9.17, 15) is 0 Å². The van der Waals surface area contributed by atoms with Gasteiger partial charge in [0.15, 0.2) is 0 Å². The highest BCUT2D eigenvalue weighted by Crippen LogP contribution is 2.25. The van der Waals surface area contributed by atoms with Crippen molar-refractivity contribution in [2.75, 3.05) is 7.11 Å². The van der Waals surface area contributed by atoms with E-state index in [1.165, 1.54) is 0 Å². The maximum atomic E-state index is 5.42. The second-order valence-corrected chi connectivity index (χ2v) is 6.18. The van der Waals surface area contributed by atoms with Crippen LogP contribution in [0.15, 0.2) is 4.47 Å². The third-order valence-electron chi connectivity index (χ3n) is 2.63. The SMILES string of the molecule is COC(C)(C)c1nc(=S)c(Br)c(CC(C)C)[nH]1.